The second kappa shape index (κ2) is 7.55. The molecule has 0 spiro atoms. The van der Waals surface area contributed by atoms with Crippen LogP contribution in [0, 0.1) is 5.82 Å². The molecule has 27 heavy (non-hydrogen) atoms. The first-order valence-electron chi connectivity index (χ1n) is 7.50. The van der Waals surface area contributed by atoms with E-state index in [0.717, 1.165) is 0 Å². The van der Waals surface area contributed by atoms with E-state index < -0.39 is 21.7 Å². The fourth-order valence-electron chi connectivity index (χ4n) is 2.32. The SMILES string of the molecule is NS(=O)(=O)c1cc(NC(=O)Cc2ccccc2F)cnc1-n1cc(Br)cn1. The second-order valence-corrected chi connectivity index (χ2v) is 7.96. The van der Waals surface area contributed by atoms with Crippen LogP contribution in [0.1, 0.15) is 5.56 Å². The molecule has 2 aromatic heterocycles. The smallest absolute Gasteiger partial charge is 0.241 e. The maximum absolute atomic E-state index is 13.7. The first kappa shape index (κ1) is 19.1. The average Bonchev–Trinajstić information content (AvgIpc) is 3.02. The molecule has 3 rings (SSSR count). The van der Waals surface area contributed by atoms with Gasteiger partial charge in [0.15, 0.2) is 5.82 Å². The Hall–Kier alpha value is -2.63. The molecule has 140 valence electrons. The summed E-state index contributed by atoms with van der Waals surface area (Å²) in [5.74, 6) is -1.05. The molecule has 0 fully saturated rings. The lowest BCUT2D eigenvalue weighted by Crippen LogP contribution is -2.19. The molecule has 1 amide bonds. The predicted molar refractivity (Wildman–Crippen MR) is 99.2 cm³/mol. The Bertz CT molecular complexity index is 1120. The van der Waals surface area contributed by atoms with E-state index in [9.17, 15) is 17.6 Å². The van der Waals surface area contributed by atoms with Crippen molar-refractivity contribution in [3.8, 4) is 5.82 Å². The molecule has 1 aromatic carbocycles. The molecule has 0 aliphatic carbocycles. The standard InChI is InChI=1S/C16H13BrFN5O3S/c17-11-7-21-23(9-11)16-14(27(19,25)26)6-12(8-20-16)22-15(24)5-10-3-1-2-4-13(10)18/h1-4,6-9H,5H2,(H,22,24)(H2,19,25,26). The molecule has 3 aromatic rings. The van der Waals surface area contributed by atoms with Crippen molar-refractivity contribution < 1.29 is 17.6 Å². The number of hydrogen-bond acceptors (Lipinski definition) is 5. The largest absolute Gasteiger partial charge is 0.324 e. The van der Waals surface area contributed by atoms with Gasteiger partial charge in [0, 0.05) is 6.20 Å². The van der Waals surface area contributed by atoms with Gasteiger partial charge >= 0.3 is 0 Å². The number of hydrogen-bond donors (Lipinski definition) is 2. The van der Waals surface area contributed by atoms with E-state index >= 15 is 0 Å². The van der Waals surface area contributed by atoms with Crippen LogP contribution in [0.5, 0.6) is 0 Å². The van der Waals surface area contributed by atoms with Crippen LogP contribution in [0.3, 0.4) is 0 Å². The van der Waals surface area contributed by atoms with Crippen molar-refractivity contribution >= 4 is 37.5 Å². The normalized spacial score (nSPS) is 11.4. The second-order valence-electron chi connectivity index (χ2n) is 5.51. The van der Waals surface area contributed by atoms with Gasteiger partial charge in [-0.3, -0.25) is 4.79 Å². The summed E-state index contributed by atoms with van der Waals surface area (Å²) in [7, 11) is -4.15. The summed E-state index contributed by atoms with van der Waals surface area (Å²) in [6, 6.07) is 7.04. The van der Waals surface area contributed by atoms with Gasteiger partial charge in [0.1, 0.15) is 10.7 Å². The van der Waals surface area contributed by atoms with Gasteiger partial charge in [-0.1, -0.05) is 18.2 Å². The quantitative estimate of drug-likeness (QED) is 0.611. The van der Waals surface area contributed by atoms with Crippen molar-refractivity contribution in [2.75, 3.05) is 5.32 Å². The number of anilines is 1. The molecule has 0 unspecified atom stereocenters. The Morgan fingerprint density at radius 3 is 2.67 bits per heavy atom. The molecule has 0 atom stereocenters. The minimum absolute atomic E-state index is 0.0182. The molecule has 0 saturated heterocycles. The molecule has 0 bridgehead atoms. The molecule has 0 radical (unpaired) electrons. The molecule has 3 N–H and O–H groups in total. The van der Waals surface area contributed by atoms with E-state index in [4.69, 9.17) is 5.14 Å². The topological polar surface area (TPSA) is 120 Å². The average molecular weight is 454 g/mol. The molecular formula is C16H13BrFN5O3S. The van der Waals surface area contributed by atoms with E-state index in [1.165, 1.54) is 47.5 Å². The number of aromatic nitrogens is 3. The summed E-state index contributed by atoms with van der Waals surface area (Å²) in [6.45, 7) is 0. The summed E-state index contributed by atoms with van der Waals surface area (Å²) in [6.07, 6.45) is 4.01. The molecule has 0 saturated carbocycles. The lowest BCUT2D eigenvalue weighted by atomic mass is 10.1. The van der Waals surface area contributed by atoms with Crippen molar-refractivity contribution in [1.82, 2.24) is 14.8 Å². The fourth-order valence-corrected chi connectivity index (χ4v) is 3.30. The van der Waals surface area contributed by atoms with E-state index in [1.807, 2.05) is 0 Å². The number of carbonyl (C=O) groups is 1. The summed E-state index contributed by atoms with van der Waals surface area (Å²) >= 11 is 3.21. The lowest BCUT2D eigenvalue weighted by molar-refractivity contribution is -0.115. The van der Waals surface area contributed by atoms with Crippen LogP contribution in [0.25, 0.3) is 5.82 Å². The number of carbonyl (C=O) groups excluding carboxylic acids is 1. The minimum Gasteiger partial charge on any atom is -0.324 e. The molecular weight excluding hydrogens is 441 g/mol. The zero-order chi connectivity index (χ0) is 19.6. The van der Waals surface area contributed by atoms with Crippen LogP contribution < -0.4 is 10.5 Å². The van der Waals surface area contributed by atoms with Crippen LogP contribution in [0.4, 0.5) is 10.1 Å². The van der Waals surface area contributed by atoms with Crippen molar-refractivity contribution in [2.45, 2.75) is 11.3 Å². The van der Waals surface area contributed by atoms with Crippen LogP contribution in [0.15, 0.2) is 58.3 Å². The number of rotatable bonds is 5. The zero-order valence-corrected chi connectivity index (χ0v) is 16.0. The zero-order valence-electron chi connectivity index (χ0n) is 13.6. The fraction of sp³-hybridized carbons (Fsp3) is 0.0625. The van der Waals surface area contributed by atoms with Gasteiger partial charge in [-0.25, -0.2) is 27.6 Å². The Morgan fingerprint density at radius 2 is 2.04 bits per heavy atom. The van der Waals surface area contributed by atoms with Gasteiger partial charge < -0.3 is 5.32 Å². The highest BCUT2D eigenvalue weighted by molar-refractivity contribution is 9.10. The Morgan fingerprint density at radius 1 is 1.30 bits per heavy atom. The molecule has 0 aliphatic rings. The number of primary sulfonamides is 1. The van der Waals surface area contributed by atoms with Crippen LogP contribution in [-0.4, -0.2) is 29.1 Å². The van der Waals surface area contributed by atoms with Crippen molar-refractivity contribution in [2.24, 2.45) is 5.14 Å². The molecule has 11 heteroatoms. The van der Waals surface area contributed by atoms with E-state index in [1.54, 1.807) is 6.07 Å². The van der Waals surface area contributed by atoms with E-state index in [2.05, 4.69) is 31.3 Å². The van der Waals surface area contributed by atoms with E-state index in [0.29, 0.717) is 4.47 Å². The molecule has 0 aliphatic heterocycles. The van der Waals surface area contributed by atoms with Gasteiger partial charge in [0.2, 0.25) is 15.9 Å². The van der Waals surface area contributed by atoms with Crippen LogP contribution in [-0.2, 0) is 21.2 Å². The first-order valence-corrected chi connectivity index (χ1v) is 9.84. The number of amides is 1. The summed E-state index contributed by atoms with van der Waals surface area (Å²) in [5, 5.41) is 11.7. The van der Waals surface area contributed by atoms with Gasteiger partial charge in [0.25, 0.3) is 0 Å². The van der Waals surface area contributed by atoms with Crippen LogP contribution >= 0.6 is 15.9 Å². The summed E-state index contributed by atoms with van der Waals surface area (Å²) in [5.41, 5.74) is 0.322. The number of nitrogens with zero attached hydrogens (tertiary/aromatic N) is 3. The lowest BCUT2D eigenvalue weighted by Gasteiger charge is -2.10. The number of nitrogens with two attached hydrogens (primary N) is 1. The van der Waals surface area contributed by atoms with Gasteiger partial charge in [-0.2, -0.15) is 5.10 Å². The van der Waals surface area contributed by atoms with Crippen molar-refractivity contribution in [3.05, 3.63) is 64.8 Å². The van der Waals surface area contributed by atoms with Gasteiger partial charge in [-0.05, 0) is 33.6 Å². The maximum atomic E-state index is 13.7. The Labute approximate surface area is 162 Å². The number of pyridine rings is 1. The number of benzene rings is 1. The Balaban J connectivity index is 1.89. The van der Waals surface area contributed by atoms with E-state index in [-0.39, 0.29) is 28.4 Å². The minimum atomic E-state index is -4.15. The third-order valence-electron chi connectivity index (χ3n) is 3.50. The highest BCUT2D eigenvalue weighted by Crippen LogP contribution is 2.22. The third kappa shape index (κ3) is 4.56. The monoisotopic (exact) mass is 453 g/mol. The molecule has 8 nitrogen and oxygen atoms in total. The third-order valence-corrected chi connectivity index (χ3v) is 4.82. The molecule has 2 heterocycles. The number of sulfonamides is 1. The van der Waals surface area contributed by atoms with Crippen LogP contribution in [0.2, 0.25) is 0 Å². The summed E-state index contributed by atoms with van der Waals surface area (Å²) < 4.78 is 39.4. The predicted octanol–water partition coefficient (Wildman–Crippen LogP) is 2.00. The first-order chi connectivity index (χ1) is 12.7. The van der Waals surface area contributed by atoms with Crippen molar-refractivity contribution in [1.29, 1.82) is 0 Å². The maximum Gasteiger partial charge on any atom is 0.241 e. The van der Waals surface area contributed by atoms with Crippen molar-refractivity contribution in [3.63, 3.8) is 0 Å². The number of halogens is 2. The highest BCUT2D eigenvalue weighted by Gasteiger charge is 2.19. The highest BCUT2D eigenvalue weighted by atomic mass is 79.9. The summed E-state index contributed by atoms with van der Waals surface area (Å²) in [4.78, 5) is 15.9. The number of nitrogens with one attached hydrogen (secondary N) is 1. The Kier molecular flexibility index (Phi) is 5.35. The van der Waals surface area contributed by atoms with Gasteiger partial charge in [0.05, 0.1) is 29.0 Å². The van der Waals surface area contributed by atoms with Gasteiger partial charge in [-0.15, -0.1) is 0 Å².